The minimum atomic E-state index is -1.20. The van der Waals surface area contributed by atoms with Gasteiger partial charge in [-0.2, -0.15) is 0 Å². The van der Waals surface area contributed by atoms with Gasteiger partial charge >= 0.3 is 12.1 Å². The first kappa shape index (κ1) is 13.1. The quantitative estimate of drug-likeness (QED) is 0.580. The molecule has 0 saturated carbocycles. The molecule has 1 aliphatic rings. The smallest absolute Gasteiger partial charge is 0.411 e. The fourth-order valence-electron chi connectivity index (χ4n) is 1.78. The van der Waals surface area contributed by atoms with Crippen molar-refractivity contribution in [3.8, 4) is 11.8 Å². The lowest BCUT2D eigenvalue weighted by Crippen LogP contribution is -2.44. The standard InChI is InChI=1S/C12H15NO4/c1-3-9-17-11(16)13-8-4-6-12(13,2)7-5-10(14)15/h3H,1,4,6,8-9H2,2H3,(H,14,15)/t12-/m0/s1. The van der Waals surface area contributed by atoms with Crippen molar-refractivity contribution < 1.29 is 19.4 Å². The van der Waals surface area contributed by atoms with E-state index in [0.717, 1.165) is 6.42 Å². The predicted octanol–water partition coefficient (Wildman–Crippen LogP) is 1.25. The summed E-state index contributed by atoms with van der Waals surface area (Å²) < 4.78 is 4.93. The Hall–Kier alpha value is -1.96. The van der Waals surface area contributed by atoms with E-state index in [2.05, 4.69) is 18.4 Å². The fraction of sp³-hybridized carbons (Fsp3) is 0.500. The highest BCUT2D eigenvalue weighted by Crippen LogP contribution is 2.28. The zero-order valence-corrected chi connectivity index (χ0v) is 9.73. The van der Waals surface area contributed by atoms with Crippen molar-refractivity contribution >= 4 is 12.1 Å². The van der Waals surface area contributed by atoms with E-state index in [0.29, 0.717) is 13.0 Å². The third kappa shape index (κ3) is 3.25. The first-order valence-corrected chi connectivity index (χ1v) is 5.31. The number of carbonyl (C=O) groups excluding carboxylic acids is 1. The number of hydrogen-bond donors (Lipinski definition) is 1. The van der Waals surface area contributed by atoms with Crippen LogP contribution in [0.25, 0.3) is 0 Å². The summed E-state index contributed by atoms with van der Waals surface area (Å²) in [6.45, 7) is 5.86. The minimum Gasteiger partial charge on any atom is -0.472 e. The monoisotopic (exact) mass is 237 g/mol. The highest BCUT2D eigenvalue weighted by atomic mass is 16.6. The summed E-state index contributed by atoms with van der Waals surface area (Å²) in [6.07, 6.45) is 2.43. The summed E-state index contributed by atoms with van der Waals surface area (Å²) in [6, 6.07) is 0. The number of rotatable bonds is 2. The van der Waals surface area contributed by atoms with Gasteiger partial charge in [0, 0.05) is 12.5 Å². The summed E-state index contributed by atoms with van der Waals surface area (Å²) in [5.41, 5.74) is -0.753. The van der Waals surface area contributed by atoms with Gasteiger partial charge in [0.15, 0.2) is 0 Å². The fourth-order valence-corrected chi connectivity index (χ4v) is 1.78. The van der Waals surface area contributed by atoms with Crippen LogP contribution < -0.4 is 0 Å². The Morgan fingerprint density at radius 2 is 2.35 bits per heavy atom. The van der Waals surface area contributed by atoms with Crippen molar-refractivity contribution in [1.29, 1.82) is 0 Å². The highest BCUT2D eigenvalue weighted by molar-refractivity contribution is 5.87. The molecule has 1 N–H and O–H groups in total. The molecule has 17 heavy (non-hydrogen) atoms. The Labute approximate surface area is 100 Å². The zero-order chi connectivity index (χ0) is 12.9. The summed E-state index contributed by atoms with van der Waals surface area (Å²) in [4.78, 5) is 23.6. The Morgan fingerprint density at radius 3 is 2.94 bits per heavy atom. The largest absolute Gasteiger partial charge is 0.472 e. The minimum absolute atomic E-state index is 0.137. The van der Waals surface area contributed by atoms with Crippen LogP contribution in [0, 0.1) is 11.8 Å². The van der Waals surface area contributed by atoms with Crippen molar-refractivity contribution in [1.82, 2.24) is 4.90 Å². The van der Waals surface area contributed by atoms with Crippen LogP contribution in [0.3, 0.4) is 0 Å². The maximum Gasteiger partial charge on any atom is 0.411 e. The van der Waals surface area contributed by atoms with Crippen molar-refractivity contribution in [2.24, 2.45) is 0 Å². The van der Waals surface area contributed by atoms with Gasteiger partial charge in [0.1, 0.15) is 12.1 Å². The molecule has 92 valence electrons. The second kappa shape index (κ2) is 5.39. The van der Waals surface area contributed by atoms with Gasteiger partial charge in [0.2, 0.25) is 0 Å². The second-order valence-corrected chi connectivity index (χ2v) is 3.95. The molecule has 1 fully saturated rings. The van der Waals surface area contributed by atoms with Crippen molar-refractivity contribution in [2.45, 2.75) is 25.3 Å². The molecule has 0 radical (unpaired) electrons. The third-order valence-electron chi connectivity index (χ3n) is 2.62. The van der Waals surface area contributed by atoms with Crippen molar-refractivity contribution in [3.05, 3.63) is 12.7 Å². The number of nitrogens with zero attached hydrogens (tertiary/aromatic N) is 1. The van der Waals surface area contributed by atoms with E-state index in [1.54, 1.807) is 6.92 Å². The van der Waals surface area contributed by atoms with Crippen molar-refractivity contribution in [2.75, 3.05) is 13.2 Å². The Balaban J connectivity index is 2.78. The van der Waals surface area contributed by atoms with Crippen LogP contribution in [0.4, 0.5) is 4.79 Å². The predicted molar refractivity (Wildman–Crippen MR) is 61.3 cm³/mol. The van der Waals surface area contributed by atoms with Gasteiger partial charge in [-0.05, 0) is 19.8 Å². The second-order valence-electron chi connectivity index (χ2n) is 3.95. The van der Waals surface area contributed by atoms with E-state index >= 15 is 0 Å². The molecule has 1 atom stereocenters. The molecular formula is C12H15NO4. The first-order chi connectivity index (χ1) is 7.99. The third-order valence-corrected chi connectivity index (χ3v) is 2.62. The molecule has 1 heterocycles. The van der Waals surface area contributed by atoms with E-state index in [4.69, 9.17) is 9.84 Å². The number of carbonyl (C=O) groups is 2. The maximum absolute atomic E-state index is 11.7. The van der Waals surface area contributed by atoms with Gasteiger partial charge in [-0.1, -0.05) is 18.6 Å². The molecule has 0 bridgehead atoms. The lowest BCUT2D eigenvalue weighted by molar-refractivity contribution is -0.130. The van der Waals surface area contributed by atoms with E-state index in [1.807, 2.05) is 0 Å². The average Bonchev–Trinajstić information content (AvgIpc) is 2.66. The number of amides is 1. The molecule has 5 heteroatoms. The molecule has 0 unspecified atom stereocenters. The topological polar surface area (TPSA) is 66.8 Å². The van der Waals surface area contributed by atoms with E-state index in [-0.39, 0.29) is 6.61 Å². The summed E-state index contributed by atoms with van der Waals surface area (Å²) in [5.74, 6) is 3.48. The molecule has 1 amide bonds. The van der Waals surface area contributed by atoms with Gasteiger partial charge in [-0.3, -0.25) is 4.90 Å². The maximum atomic E-state index is 11.7. The van der Waals surface area contributed by atoms with Crippen molar-refractivity contribution in [3.63, 3.8) is 0 Å². The number of hydrogen-bond acceptors (Lipinski definition) is 3. The summed E-state index contributed by atoms with van der Waals surface area (Å²) in [5, 5.41) is 8.53. The molecule has 0 spiro atoms. The van der Waals surface area contributed by atoms with Crippen LogP contribution in [-0.4, -0.2) is 40.8 Å². The van der Waals surface area contributed by atoms with Crippen LogP contribution in [-0.2, 0) is 9.53 Å². The van der Waals surface area contributed by atoms with E-state index in [1.165, 1.54) is 11.0 Å². The lowest BCUT2D eigenvalue weighted by Gasteiger charge is -2.29. The molecule has 0 aliphatic carbocycles. The van der Waals surface area contributed by atoms with Crippen LogP contribution in [0.15, 0.2) is 12.7 Å². The number of ether oxygens (including phenoxy) is 1. The molecule has 1 rings (SSSR count). The van der Waals surface area contributed by atoms with Crippen LogP contribution >= 0.6 is 0 Å². The zero-order valence-electron chi connectivity index (χ0n) is 9.73. The SMILES string of the molecule is C=CCOC(=O)N1CCC[C@@]1(C)C#CC(=O)O. The molecule has 0 aromatic carbocycles. The Kier molecular flexibility index (Phi) is 4.16. The summed E-state index contributed by atoms with van der Waals surface area (Å²) >= 11 is 0. The number of aliphatic carboxylic acids is 1. The molecule has 0 aromatic rings. The highest BCUT2D eigenvalue weighted by Gasteiger charge is 2.39. The van der Waals surface area contributed by atoms with Gasteiger partial charge < -0.3 is 9.84 Å². The normalized spacial score (nSPS) is 22.5. The van der Waals surface area contributed by atoms with Gasteiger partial charge in [-0.15, -0.1) is 0 Å². The Bertz CT molecular complexity index is 393. The van der Waals surface area contributed by atoms with Gasteiger partial charge in [0.25, 0.3) is 0 Å². The number of likely N-dealkylation sites (tertiary alicyclic amines) is 1. The van der Waals surface area contributed by atoms with Crippen LogP contribution in [0.1, 0.15) is 19.8 Å². The molecule has 5 nitrogen and oxygen atoms in total. The van der Waals surface area contributed by atoms with E-state index in [9.17, 15) is 9.59 Å². The lowest BCUT2D eigenvalue weighted by atomic mass is 10.0. The van der Waals surface area contributed by atoms with Gasteiger partial charge in [0.05, 0.1) is 0 Å². The Morgan fingerprint density at radius 1 is 1.65 bits per heavy atom. The van der Waals surface area contributed by atoms with Crippen LogP contribution in [0.2, 0.25) is 0 Å². The molecular weight excluding hydrogens is 222 g/mol. The number of carboxylic acid groups (broad SMARTS) is 1. The average molecular weight is 237 g/mol. The van der Waals surface area contributed by atoms with Crippen LogP contribution in [0.5, 0.6) is 0 Å². The van der Waals surface area contributed by atoms with E-state index < -0.39 is 17.6 Å². The molecule has 0 aromatic heterocycles. The number of carboxylic acids is 1. The first-order valence-electron chi connectivity index (χ1n) is 5.31. The molecule has 1 aliphatic heterocycles. The summed E-state index contributed by atoms with van der Waals surface area (Å²) in [7, 11) is 0. The molecule has 1 saturated heterocycles. The van der Waals surface area contributed by atoms with Gasteiger partial charge in [-0.25, -0.2) is 9.59 Å².